The third-order valence-electron chi connectivity index (χ3n) is 2.83. The highest BCUT2D eigenvalue weighted by Crippen LogP contribution is 2.21. The van der Waals surface area contributed by atoms with Gasteiger partial charge in [-0.05, 0) is 43.0 Å². The Bertz CT molecular complexity index is 358. The Labute approximate surface area is 114 Å². The molecule has 0 aliphatic rings. The Kier molecular flexibility index (Phi) is 7.13. The number of hydrogen-bond donors (Lipinski definition) is 1. The van der Waals surface area contributed by atoms with Crippen molar-refractivity contribution >= 4 is 17.4 Å². The first-order chi connectivity index (χ1) is 8.69. The first-order valence-corrected chi connectivity index (χ1v) is 7.77. The van der Waals surface area contributed by atoms with Gasteiger partial charge in [-0.2, -0.15) is 11.8 Å². The van der Waals surface area contributed by atoms with Gasteiger partial charge in [0.15, 0.2) is 0 Å². The summed E-state index contributed by atoms with van der Waals surface area (Å²) in [6, 6.07) is 5.04. The Hall–Kier alpha value is -0.740. The molecule has 0 heterocycles. The van der Waals surface area contributed by atoms with E-state index in [0.29, 0.717) is 0 Å². The zero-order valence-electron chi connectivity index (χ0n) is 11.5. The van der Waals surface area contributed by atoms with Gasteiger partial charge in [-0.15, -0.1) is 0 Å². The maximum absolute atomic E-state index is 13.3. The van der Waals surface area contributed by atoms with Crippen molar-refractivity contribution in [3.05, 3.63) is 29.6 Å². The second-order valence-corrected chi connectivity index (χ2v) is 5.35. The lowest BCUT2D eigenvalue weighted by Gasteiger charge is -2.22. The molecule has 2 nitrogen and oxygen atoms in total. The zero-order valence-corrected chi connectivity index (χ0v) is 12.3. The molecule has 0 fully saturated rings. The molecule has 0 unspecified atom stereocenters. The van der Waals surface area contributed by atoms with Crippen LogP contribution in [0.4, 0.5) is 10.1 Å². The van der Waals surface area contributed by atoms with Crippen molar-refractivity contribution in [2.24, 2.45) is 0 Å². The van der Waals surface area contributed by atoms with Gasteiger partial charge >= 0.3 is 0 Å². The highest BCUT2D eigenvalue weighted by atomic mass is 32.2. The van der Waals surface area contributed by atoms with E-state index in [9.17, 15) is 4.39 Å². The molecule has 1 aromatic rings. The maximum atomic E-state index is 13.3. The normalized spacial score (nSPS) is 10.7. The number of thioether (sulfide) groups is 1. The molecule has 0 bridgehead atoms. The lowest BCUT2D eigenvalue weighted by Crippen LogP contribution is -2.23. The van der Waals surface area contributed by atoms with E-state index < -0.39 is 0 Å². The third-order valence-corrected chi connectivity index (χ3v) is 3.42. The van der Waals surface area contributed by atoms with Gasteiger partial charge in [0.25, 0.3) is 0 Å². The van der Waals surface area contributed by atoms with E-state index in [2.05, 4.69) is 30.4 Å². The Morgan fingerprint density at radius 2 is 2.17 bits per heavy atom. The highest BCUT2D eigenvalue weighted by Gasteiger charge is 2.08. The number of benzene rings is 1. The molecule has 0 spiro atoms. The van der Waals surface area contributed by atoms with Crippen LogP contribution in [0, 0.1) is 5.82 Å². The molecule has 0 amide bonds. The Balaban J connectivity index is 2.74. The molecular weight excluding hydrogens is 247 g/mol. The Morgan fingerprint density at radius 3 is 2.83 bits per heavy atom. The summed E-state index contributed by atoms with van der Waals surface area (Å²) in [5.41, 5.74) is 2.15. The third kappa shape index (κ3) is 4.86. The number of hydrogen-bond acceptors (Lipinski definition) is 3. The topological polar surface area (TPSA) is 15.3 Å². The van der Waals surface area contributed by atoms with Crippen molar-refractivity contribution in [3.63, 3.8) is 0 Å². The molecule has 18 heavy (non-hydrogen) atoms. The number of halogens is 1. The summed E-state index contributed by atoms with van der Waals surface area (Å²) in [4.78, 5) is 2.19. The van der Waals surface area contributed by atoms with Crippen molar-refractivity contribution in [1.82, 2.24) is 5.32 Å². The van der Waals surface area contributed by atoms with Crippen molar-refractivity contribution in [2.75, 3.05) is 37.0 Å². The van der Waals surface area contributed by atoms with Crippen LogP contribution in [-0.4, -0.2) is 32.1 Å². The lowest BCUT2D eigenvalue weighted by atomic mass is 10.1. The fraction of sp³-hybridized carbons (Fsp3) is 0.571. The minimum absolute atomic E-state index is 0.162. The van der Waals surface area contributed by atoms with Gasteiger partial charge in [0.2, 0.25) is 0 Å². The second-order valence-electron chi connectivity index (χ2n) is 4.36. The fourth-order valence-corrected chi connectivity index (χ4v) is 2.27. The molecule has 0 aliphatic heterocycles. The highest BCUT2D eigenvalue weighted by molar-refractivity contribution is 7.98. The monoisotopic (exact) mass is 270 g/mol. The predicted molar refractivity (Wildman–Crippen MR) is 80.0 cm³/mol. The predicted octanol–water partition coefficient (Wildman–Crippen LogP) is 3.12. The van der Waals surface area contributed by atoms with Gasteiger partial charge in [0.1, 0.15) is 5.82 Å². The van der Waals surface area contributed by atoms with Gasteiger partial charge in [-0.25, -0.2) is 4.39 Å². The first kappa shape index (κ1) is 15.3. The average Bonchev–Trinajstić information content (AvgIpc) is 2.36. The van der Waals surface area contributed by atoms with Crippen LogP contribution in [0.15, 0.2) is 18.2 Å². The van der Waals surface area contributed by atoms with Gasteiger partial charge in [0.05, 0.1) is 0 Å². The summed E-state index contributed by atoms with van der Waals surface area (Å²) in [7, 11) is 2.06. The van der Waals surface area contributed by atoms with Crippen molar-refractivity contribution in [3.8, 4) is 0 Å². The molecular formula is C14H23FN2S. The molecule has 1 N–H and O–H groups in total. The molecule has 1 rings (SSSR count). The Morgan fingerprint density at radius 1 is 1.39 bits per heavy atom. The van der Waals surface area contributed by atoms with E-state index in [1.807, 2.05) is 17.8 Å². The van der Waals surface area contributed by atoms with Crippen molar-refractivity contribution in [1.29, 1.82) is 0 Å². The van der Waals surface area contributed by atoms with Gasteiger partial charge in [-0.1, -0.05) is 6.92 Å². The standard InChI is InChI=1S/C14H23FN2S/c1-4-7-16-11-12-10-13(15)5-6-14(12)17(2)8-9-18-3/h5-6,10,16H,4,7-9,11H2,1-3H3. The lowest BCUT2D eigenvalue weighted by molar-refractivity contribution is 0.618. The first-order valence-electron chi connectivity index (χ1n) is 6.38. The molecule has 0 radical (unpaired) electrons. The van der Waals surface area contributed by atoms with Gasteiger partial charge in [0, 0.05) is 31.6 Å². The van der Waals surface area contributed by atoms with Crippen LogP contribution < -0.4 is 10.2 Å². The second kappa shape index (κ2) is 8.38. The van der Waals surface area contributed by atoms with E-state index >= 15 is 0 Å². The number of nitrogens with one attached hydrogen (secondary N) is 1. The van der Waals surface area contributed by atoms with Crippen molar-refractivity contribution in [2.45, 2.75) is 19.9 Å². The number of rotatable bonds is 8. The summed E-state index contributed by atoms with van der Waals surface area (Å²) in [5.74, 6) is 0.917. The molecule has 0 atom stereocenters. The minimum Gasteiger partial charge on any atom is -0.374 e. The number of anilines is 1. The van der Waals surface area contributed by atoms with Crippen LogP contribution in [-0.2, 0) is 6.54 Å². The van der Waals surface area contributed by atoms with Crippen LogP contribution in [0.3, 0.4) is 0 Å². The zero-order chi connectivity index (χ0) is 13.4. The molecule has 0 saturated heterocycles. The fourth-order valence-electron chi connectivity index (χ4n) is 1.82. The smallest absolute Gasteiger partial charge is 0.123 e. The van der Waals surface area contributed by atoms with Gasteiger partial charge in [-0.3, -0.25) is 0 Å². The summed E-state index contributed by atoms with van der Waals surface area (Å²) in [5, 5.41) is 3.33. The average molecular weight is 270 g/mol. The van der Waals surface area contributed by atoms with Crippen LogP contribution >= 0.6 is 11.8 Å². The summed E-state index contributed by atoms with van der Waals surface area (Å²) in [6.07, 6.45) is 3.19. The quantitative estimate of drug-likeness (QED) is 0.731. The summed E-state index contributed by atoms with van der Waals surface area (Å²) < 4.78 is 13.3. The molecule has 0 aliphatic carbocycles. The van der Waals surface area contributed by atoms with Crippen LogP contribution in [0.1, 0.15) is 18.9 Å². The van der Waals surface area contributed by atoms with Crippen LogP contribution in [0.2, 0.25) is 0 Å². The van der Waals surface area contributed by atoms with Crippen molar-refractivity contribution < 1.29 is 4.39 Å². The van der Waals surface area contributed by atoms with Crippen LogP contribution in [0.25, 0.3) is 0 Å². The van der Waals surface area contributed by atoms with E-state index in [1.54, 1.807) is 6.07 Å². The molecule has 0 saturated carbocycles. The molecule has 102 valence electrons. The summed E-state index contributed by atoms with van der Waals surface area (Å²) in [6.45, 7) is 4.80. The maximum Gasteiger partial charge on any atom is 0.123 e. The molecule has 0 aromatic heterocycles. The molecule has 1 aromatic carbocycles. The van der Waals surface area contributed by atoms with E-state index in [-0.39, 0.29) is 5.82 Å². The SMILES string of the molecule is CCCNCc1cc(F)ccc1N(C)CCSC. The summed E-state index contributed by atoms with van der Waals surface area (Å²) >= 11 is 1.82. The molecule has 4 heteroatoms. The van der Waals surface area contributed by atoms with E-state index in [4.69, 9.17) is 0 Å². The minimum atomic E-state index is -0.162. The van der Waals surface area contributed by atoms with Gasteiger partial charge < -0.3 is 10.2 Å². The number of nitrogens with zero attached hydrogens (tertiary/aromatic N) is 1. The van der Waals surface area contributed by atoms with E-state index in [1.165, 1.54) is 6.07 Å². The van der Waals surface area contributed by atoms with Crippen LogP contribution in [0.5, 0.6) is 0 Å². The largest absolute Gasteiger partial charge is 0.374 e. The van der Waals surface area contributed by atoms with E-state index in [0.717, 1.165) is 43.1 Å².